The molecule has 0 unspecified atom stereocenters. The standard InChI is InChI=1S/C17H19FN2O2/c1-22-16-9-5-4-8-15(16)20-17(21)10-11-19-12-13-6-2-3-7-14(13)18/h2-9,19H,10-12H2,1H3,(H,20,21). The second kappa shape index (κ2) is 8.14. The van der Waals surface area contributed by atoms with Crippen molar-refractivity contribution < 1.29 is 13.9 Å². The van der Waals surface area contributed by atoms with Gasteiger partial charge in [-0.15, -0.1) is 0 Å². The number of ether oxygens (including phenoxy) is 1. The van der Waals surface area contributed by atoms with E-state index < -0.39 is 0 Å². The number of rotatable bonds is 7. The highest BCUT2D eigenvalue weighted by Crippen LogP contribution is 2.22. The van der Waals surface area contributed by atoms with E-state index in [1.807, 2.05) is 12.1 Å². The van der Waals surface area contributed by atoms with Crippen LogP contribution in [0.1, 0.15) is 12.0 Å². The van der Waals surface area contributed by atoms with E-state index in [4.69, 9.17) is 4.74 Å². The van der Waals surface area contributed by atoms with Gasteiger partial charge in [0.25, 0.3) is 0 Å². The van der Waals surface area contributed by atoms with Gasteiger partial charge in [-0.3, -0.25) is 4.79 Å². The molecule has 2 N–H and O–H groups in total. The van der Waals surface area contributed by atoms with Gasteiger partial charge in [0, 0.05) is 25.1 Å². The second-order valence-electron chi connectivity index (χ2n) is 4.77. The quantitative estimate of drug-likeness (QED) is 0.773. The first-order valence-corrected chi connectivity index (χ1v) is 7.07. The highest BCUT2D eigenvalue weighted by Gasteiger charge is 2.06. The Hall–Kier alpha value is -2.40. The molecule has 0 aliphatic heterocycles. The van der Waals surface area contributed by atoms with E-state index in [1.54, 1.807) is 37.4 Å². The summed E-state index contributed by atoms with van der Waals surface area (Å²) >= 11 is 0. The number of para-hydroxylation sites is 2. The molecule has 0 saturated heterocycles. The molecule has 0 aliphatic rings. The molecular weight excluding hydrogens is 283 g/mol. The Bertz CT molecular complexity index is 632. The Morgan fingerprint density at radius 3 is 2.64 bits per heavy atom. The van der Waals surface area contributed by atoms with E-state index in [-0.39, 0.29) is 11.7 Å². The molecule has 0 atom stereocenters. The van der Waals surface area contributed by atoms with E-state index >= 15 is 0 Å². The van der Waals surface area contributed by atoms with Gasteiger partial charge >= 0.3 is 0 Å². The number of hydrogen-bond donors (Lipinski definition) is 2. The summed E-state index contributed by atoms with van der Waals surface area (Å²) in [6, 6.07) is 13.8. The Morgan fingerprint density at radius 2 is 1.86 bits per heavy atom. The Balaban J connectivity index is 1.75. The van der Waals surface area contributed by atoms with Gasteiger partial charge in [0.1, 0.15) is 11.6 Å². The summed E-state index contributed by atoms with van der Waals surface area (Å²) in [6.45, 7) is 0.865. The molecule has 4 nitrogen and oxygen atoms in total. The SMILES string of the molecule is COc1ccccc1NC(=O)CCNCc1ccccc1F. The lowest BCUT2D eigenvalue weighted by Gasteiger charge is -2.10. The van der Waals surface area contributed by atoms with E-state index in [9.17, 15) is 9.18 Å². The summed E-state index contributed by atoms with van der Waals surface area (Å²) < 4.78 is 18.6. The third-order valence-corrected chi connectivity index (χ3v) is 3.18. The van der Waals surface area contributed by atoms with Crippen LogP contribution in [0.5, 0.6) is 5.75 Å². The predicted octanol–water partition coefficient (Wildman–Crippen LogP) is 2.95. The smallest absolute Gasteiger partial charge is 0.225 e. The van der Waals surface area contributed by atoms with E-state index in [0.717, 1.165) is 0 Å². The van der Waals surface area contributed by atoms with Crippen molar-refractivity contribution in [2.75, 3.05) is 19.0 Å². The third kappa shape index (κ3) is 4.56. The number of methoxy groups -OCH3 is 1. The fraction of sp³-hybridized carbons (Fsp3) is 0.235. The summed E-state index contributed by atoms with van der Waals surface area (Å²) in [4.78, 5) is 11.9. The number of carbonyl (C=O) groups excluding carboxylic acids is 1. The molecule has 1 amide bonds. The zero-order chi connectivity index (χ0) is 15.8. The van der Waals surface area contributed by atoms with Gasteiger partial charge in [-0.05, 0) is 18.2 Å². The number of halogens is 1. The van der Waals surface area contributed by atoms with Crippen LogP contribution in [-0.4, -0.2) is 19.6 Å². The van der Waals surface area contributed by atoms with Crippen molar-refractivity contribution in [3.05, 3.63) is 59.9 Å². The first-order chi connectivity index (χ1) is 10.7. The minimum absolute atomic E-state index is 0.120. The maximum atomic E-state index is 13.4. The largest absolute Gasteiger partial charge is 0.495 e. The molecule has 116 valence electrons. The van der Waals surface area contributed by atoms with Crippen molar-refractivity contribution in [3.63, 3.8) is 0 Å². The predicted molar refractivity (Wildman–Crippen MR) is 84.3 cm³/mol. The number of benzene rings is 2. The van der Waals surface area contributed by atoms with Crippen molar-refractivity contribution in [2.45, 2.75) is 13.0 Å². The summed E-state index contributed by atoms with van der Waals surface area (Å²) in [5.74, 6) is 0.258. The summed E-state index contributed by atoms with van der Waals surface area (Å²) in [5.41, 5.74) is 1.23. The van der Waals surface area contributed by atoms with Gasteiger partial charge in [-0.2, -0.15) is 0 Å². The van der Waals surface area contributed by atoms with E-state index in [0.29, 0.717) is 36.5 Å². The van der Waals surface area contributed by atoms with Crippen LogP contribution >= 0.6 is 0 Å². The molecule has 5 heteroatoms. The van der Waals surface area contributed by atoms with Crippen molar-refractivity contribution in [1.29, 1.82) is 0 Å². The number of anilines is 1. The van der Waals surface area contributed by atoms with Crippen molar-refractivity contribution in [2.24, 2.45) is 0 Å². The Labute approximate surface area is 129 Å². The van der Waals surface area contributed by atoms with Crippen molar-refractivity contribution in [1.82, 2.24) is 5.32 Å². The maximum absolute atomic E-state index is 13.4. The number of carbonyl (C=O) groups is 1. The summed E-state index contributed by atoms with van der Waals surface area (Å²) in [5, 5.41) is 5.85. The van der Waals surface area contributed by atoms with Crippen LogP contribution in [0.4, 0.5) is 10.1 Å². The first kappa shape index (κ1) is 16.0. The maximum Gasteiger partial charge on any atom is 0.225 e. The second-order valence-corrected chi connectivity index (χ2v) is 4.77. The molecule has 0 heterocycles. The fourth-order valence-corrected chi connectivity index (χ4v) is 2.03. The fourth-order valence-electron chi connectivity index (χ4n) is 2.03. The molecule has 0 saturated carbocycles. The topological polar surface area (TPSA) is 50.4 Å². The third-order valence-electron chi connectivity index (χ3n) is 3.18. The zero-order valence-electron chi connectivity index (χ0n) is 12.4. The van der Waals surface area contributed by atoms with E-state index in [1.165, 1.54) is 6.07 Å². The van der Waals surface area contributed by atoms with Gasteiger partial charge in [-0.25, -0.2) is 4.39 Å². The highest BCUT2D eigenvalue weighted by molar-refractivity contribution is 5.92. The molecule has 0 aliphatic carbocycles. The average molecular weight is 302 g/mol. The van der Waals surface area contributed by atoms with Crippen molar-refractivity contribution >= 4 is 11.6 Å². The molecular formula is C17H19FN2O2. The van der Waals surface area contributed by atoms with Crippen LogP contribution in [0.3, 0.4) is 0 Å². The normalized spacial score (nSPS) is 10.3. The molecule has 2 aromatic rings. The first-order valence-electron chi connectivity index (χ1n) is 7.07. The molecule has 2 rings (SSSR count). The van der Waals surface area contributed by atoms with Crippen LogP contribution < -0.4 is 15.4 Å². The van der Waals surface area contributed by atoms with Gasteiger partial charge in [0.05, 0.1) is 12.8 Å². The highest BCUT2D eigenvalue weighted by atomic mass is 19.1. The van der Waals surface area contributed by atoms with Crippen molar-refractivity contribution in [3.8, 4) is 5.75 Å². The number of nitrogens with one attached hydrogen (secondary N) is 2. The van der Waals surface area contributed by atoms with Crippen LogP contribution in [-0.2, 0) is 11.3 Å². The van der Waals surface area contributed by atoms with Gasteiger partial charge in [0.15, 0.2) is 0 Å². The average Bonchev–Trinajstić information content (AvgIpc) is 2.53. The Kier molecular flexibility index (Phi) is 5.91. The van der Waals surface area contributed by atoms with Gasteiger partial charge < -0.3 is 15.4 Å². The lowest BCUT2D eigenvalue weighted by Crippen LogP contribution is -2.22. The minimum Gasteiger partial charge on any atom is -0.495 e. The Morgan fingerprint density at radius 1 is 1.14 bits per heavy atom. The molecule has 0 radical (unpaired) electrons. The monoisotopic (exact) mass is 302 g/mol. The van der Waals surface area contributed by atoms with Crippen LogP contribution in [0.25, 0.3) is 0 Å². The molecule has 22 heavy (non-hydrogen) atoms. The molecule has 0 aromatic heterocycles. The molecule has 0 bridgehead atoms. The molecule has 0 fully saturated rings. The number of hydrogen-bond acceptors (Lipinski definition) is 3. The minimum atomic E-state index is -0.242. The van der Waals surface area contributed by atoms with Crippen LogP contribution in [0, 0.1) is 5.82 Å². The van der Waals surface area contributed by atoms with Crippen LogP contribution in [0.15, 0.2) is 48.5 Å². The number of amides is 1. The summed E-state index contributed by atoms with van der Waals surface area (Å²) in [7, 11) is 1.56. The van der Waals surface area contributed by atoms with Crippen LogP contribution in [0.2, 0.25) is 0 Å². The van der Waals surface area contributed by atoms with E-state index in [2.05, 4.69) is 10.6 Å². The molecule has 2 aromatic carbocycles. The lowest BCUT2D eigenvalue weighted by molar-refractivity contribution is -0.116. The molecule has 0 spiro atoms. The summed E-state index contributed by atoms with van der Waals surface area (Å²) in [6.07, 6.45) is 0.298. The van der Waals surface area contributed by atoms with Gasteiger partial charge in [0.2, 0.25) is 5.91 Å². The lowest BCUT2D eigenvalue weighted by atomic mass is 10.2. The van der Waals surface area contributed by atoms with Gasteiger partial charge in [-0.1, -0.05) is 30.3 Å². The zero-order valence-corrected chi connectivity index (χ0v) is 12.4.